The molecule has 1 aromatic heterocycles. The first-order chi connectivity index (χ1) is 9.32. The number of hydrogen-bond donors (Lipinski definition) is 0. The van der Waals surface area contributed by atoms with Gasteiger partial charge in [0.1, 0.15) is 4.47 Å². The third-order valence-electron chi connectivity index (χ3n) is 2.57. The molecule has 0 unspecified atom stereocenters. The zero-order chi connectivity index (χ0) is 14.9. The van der Waals surface area contributed by atoms with E-state index in [1.807, 2.05) is 6.26 Å². The molecule has 2 rings (SSSR count). The Morgan fingerprint density at radius 3 is 2.30 bits per heavy atom. The van der Waals surface area contributed by atoms with E-state index in [1.165, 1.54) is 11.8 Å². The van der Waals surface area contributed by atoms with E-state index in [0.717, 1.165) is 11.0 Å². The normalized spacial score (nSPS) is 11.7. The summed E-state index contributed by atoms with van der Waals surface area (Å²) in [5.74, 6) is -1.31. The Labute approximate surface area is 125 Å². The summed E-state index contributed by atoms with van der Waals surface area (Å²) in [5.41, 5.74) is -0.391. The minimum Gasteiger partial charge on any atom is -0.417 e. The average Bonchev–Trinajstić information content (AvgIpc) is 2.40. The van der Waals surface area contributed by atoms with Gasteiger partial charge in [-0.3, -0.25) is 0 Å². The first-order valence-electron chi connectivity index (χ1n) is 5.38. The van der Waals surface area contributed by atoms with Crippen molar-refractivity contribution in [2.24, 2.45) is 0 Å². The summed E-state index contributed by atoms with van der Waals surface area (Å²) in [6.45, 7) is 0. The van der Waals surface area contributed by atoms with E-state index in [4.69, 9.17) is 0 Å². The largest absolute Gasteiger partial charge is 0.449 e. The molecule has 106 valence electrons. The lowest BCUT2D eigenvalue weighted by Gasteiger charge is -2.09. The summed E-state index contributed by atoms with van der Waals surface area (Å²) in [6.07, 6.45) is -2.81. The van der Waals surface area contributed by atoms with Crippen molar-refractivity contribution in [2.75, 3.05) is 6.26 Å². The minimum atomic E-state index is -4.70. The van der Waals surface area contributed by atoms with Crippen LogP contribution in [-0.4, -0.2) is 6.26 Å². The minimum absolute atomic E-state index is 0.0256. The van der Waals surface area contributed by atoms with Crippen LogP contribution in [0.2, 0.25) is 0 Å². The van der Waals surface area contributed by atoms with Crippen LogP contribution in [0.15, 0.2) is 48.9 Å². The van der Waals surface area contributed by atoms with Gasteiger partial charge < -0.3 is 4.42 Å². The van der Waals surface area contributed by atoms with Crippen molar-refractivity contribution < 1.29 is 17.6 Å². The molecule has 0 radical (unpaired) electrons. The summed E-state index contributed by atoms with van der Waals surface area (Å²) >= 11 is 4.49. The van der Waals surface area contributed by atoms with Gasteiger partial charge in [-0.15, -0.1) is 11.8 Å². The second-order valence-electron chi connectivity index (χ2n) is 3.85. The molecule has 1 heterocycles. The molecule has 0 saturated heterocycles. The maximum Gasteiger partial charge on any atom is 0.449 e. The van der Waals surface area contributed by atoms with Crippen molar-refractivity contribution in [1.29, 1.82) is 0 Å². The highest BCUT2D eigenvalue weighted by atomic mass is 79.9. The van der Waals surface area contributed by atoms with Crippen molar-refractivity contribution in [3.8, 4) is 11.1 Å². The van der Waals surface area contributed by atoms with Gasteiger partial charge in [-0.1, -0.05) is 12.1 Å². The van der Waals surface area contributed by atoms with Gasteiger partial charge in [0.15, 0.2) is 0 Å². The van der Waals surface area contributed by atoms with Gasteiger partial charge in [-0.25, -0.2) is 4.79 Å². The van der Waals surface area contributed by atoms with Crippen LogP contribution in [0.5, 0.6) is 0 Å². The molecule has 20 heavy (non-hydrogen) atoms. The van der Waals surface area contributed by atoms with Crippen LogP contribution < -0.4 is 5.63 Å². The summed E-state index contributed by atoms with van der Waals surface area (Å²) in [7, 11) is 0. The molecule has 0 N–H and O–H groups in total. The molecule has 0 saturated carbocycles. The molecule has 7 heteroatoms. The average molecular weight is 365 g/mol. The molecule has 2 nitrogen and oxygen atoms in total. The smallest absolute Gasteiger partial charge is 0.417 e. The van der Waals surface area contributed by atoms with Gasteiger partial charge in [-0.05, 0) is 45.9 Å². The number of rotatable bonds is 2. The lowest BCUT2D eigenvalue weighted by molar-refractivity contribution is -0.154. The monoisotopic (exact) mass is 364 g/mol. The SMILES string of the molecule is CSc1ccc(-c2cc(C(F)(F)F)oc(=O)c2Br)cc1. The van der Waals surface area contributed by atoms with Crippen molar-refractivity contribution in [3.63, 3.8) is 0 Å². The fourth-order valence-corrected chi connectivity index (χ4v) is 2.43. The first-order valence-corrected chi connectivity index (χ1v) is 7.40. The van der Waals surface area contributed by atoms with Crippen LogP contribution in [0.3, 0.4) is 0 Å². The summed E-state index contributed by atoms with van der Waals surface area (Å²) in [6, 6.07) is 7.68. The Morgan fingerprint density at radius 2 is 1.80 bits per heavy atom. The van der Waals surface area contributed by atoms with E-state index in [1.54, 1.807) is 24.3 Å². The molecule has 0 fully saturated rings. The Morgan fingerprint density at radius 1 is 1.20 bits per heavy atom. The van der Waals surface area contributed by atoms with E-state index >= 15 is 0 Å². The van der Waals surface area contributed by atoms with Crippen molar-refractivity contribution in [2.45, 2.75) is 11.1 Å². The van der Waals surface area contributed by atoms with E-state index in [0.29, 0.717) is 5.56 Å². The summed E-state index contributed by atoms with van der Waals surface area (Å²) in [5, 5.41) is 0. The molecular weight excluding hydrogens is 357 g/mol. The van der Waals surface area contributed by atoms with Crippen molar-refractivity contribution in [1.82, 2.24) is 0 Å². The zero-order valence-electron chi connectivity index (χ0n) is 10.1. The van der Waals surface area contributed by atoms with Gasteiger partial charge in [0.25, 0.3) is 0 Å². The number of benzene rings is 1. The maximum absolute atomic E-state index is 12.7. The van der Waals surface area contributed by atoms with E-state index < -0.39 is 17.6 Å². The topological polar surface area (TPSA) is 30.2 Å². The predicted octanol–water partition coefficient (Wildman–Crippen LogP) is 4.81. The number of hydrogen-bond acceptors (Lipinski definition) is 3. The molecule has 0 aliphatic heterocycles. The van der Waals surface area contributed by atoms with Gasteiger partial charge in [0.2, 0.25) is 5.76 Å². The molecule has 0 amide bonds. The van der Waals surface area contributed by atoms with Crippen LogP contribution in [0.1, 0.15) is 5.76 Å². The number of halogens is 4. The van der Waals surface area contributed by atoms with E-state index in [2.05, 4.69) is 20.3 Å². The van der Waals surface area contributed by atoms with Crippen LogP contribution in [0, 0.1) is 0 Å². The Balaban J connectivity index is 2.60. The van der Waals surface area contributed by atoms with Gasteiger partial charge in [-0.2, -0.15) is 13.2 Å². The second kappa shape index (κ2) is 5.65. The van der Waals surface area contributed by atoms with Gasteiger partial charge in [0, 0.05) is 10.5 Å². The third-order valence-corrected chi connectivity index (χ3v) is 4.07. The molecule has 0 atom stereocenters. The van der Waals surface area contributed by atoms with Crippen LogP contribution in [-0.2, 0) is 6.18 Å². The molecule has 0 spiro atoms. The Bertz CT molecular complexity index is 677. The number of thioether (sulfide) groups is 1. The fraction of sp³-hybridized carbons (Fsp3) is 0.154. The van der Waals surface area contributed by atoms with Crippen LogP contribution in [0.4, 0.5) is 13.2 Å². The van der Waals surface area contributed by atoms with Gasteiger partial charge in [0.05, 0.1) is 0 Å². The van der Waals surface area contributed by atoms with Crippen molar-refractivity contribution >= 4 is 27.7 Å². The second-order valence-corrected chi connectivity index (χ2v) is 5.52. The summed E-state index contributed by atoms with van der Waals surface area (Å²) < 4.78 is 42.2. The Kier molecular flexibility index (Phi) is 4.29. The molecule has 2 aromatic rings. The quantitative estimate of drug-likeness (QED) is 0.716. The lowest BCUT2D eigenvalue weighted by atomic mass is 10.1. The van der Waals surface area contributed by atoms with E-state index in [9.17, 15) is 18.0 Å². The first kappa shape index (κ1) is 15.2. The Hall–Kier alpha value is -1.21. The highest BCUT2D eigenvalue weighted by Gasteiger charge is 2.35. The number of alkyl halides is 3. The predicted molar refractivity (Wildman–Crippen MR) is 74.9 cm³/mol. The summed E-state index contributed by atoms with van der Waals surface area (Å²) in [4.78, 5) is 12.5. The molecule has 0 aliphatic carbocycles. The lowest BCUT2D eigenvalue weighted by Crippen LogP contribution is -2.12. The highest BCUT2D eigenvalue weighted by Crippen LogP contribution is 2.34. The van der Waals surface area contributed by atoms with Crippen molar-refractivity contribution in [3.05, 3.63) is 51.0 Å². The maximum atomic E-state index is 12.7. The zero-order valence-corrected chi connectivity index (χ0v) is 12.5. The van der Waals surface area contributed by atoms with E-state index in [-0.39, 0.29) is 10.0 Å². The molecule has 0 bridgehead atoms. The standard InChI is InChI=1S/C13H8BrF3O2S/c1-20-8-4-2-7(3-5-8)9-6-10(13(15,16)17)19-12(18)11(9)14/h2-6H,1H3. The third kappa shape index (κ3) is 3.09. The highest BCUT2D eigenvalue weighted by molar-refractivity contribution is 9.10. The van der Waals surface area contributed by atoms with Crippen LogP contribution >= 0.6 is 27.7 Å². The molecular formula is C13H8BrF3O2S. The molecule has 1 aromatic carbocycles. The van der Waals surface area contributed by atoms with Crippen LogP contribution in [0.25, 0.3) is 11.1 Å². The molecule has 0 aliphatic rings. The fourth-order valence-electron chi connectivity index (χ4n) is 1.60. The van der Waals surface area contributed by atoms with Gasteiger partial charge >= 0.3 is 11.8 Å².